The number of allylic oxidation sites excluding steroid dienone is 2. The second-order valence-electron chi connectivity index (χ2n) is 5.22. The molecule has 0 aromatic heterocycles. The highest BCUT2D eigenvalue weighted by molar-refractivity contribution is 5.97. The third kappa shape index (κ3) is 2.08. The average Bonchev–Trinajstić information content (AvgIpc) is 2.59. The average molecular weight is 236 g/mol. The van der Waals surface area contributed by atoms with Gasteiger partial charge in [-0.25, -0.2) is 4.79 Å². The Hall–Kier alpha value is -1.32. The van der Waals surface area contributed by atoms with Gasteiger partial charge in [-0.05, 0) is 18.3 Å². The number of amides is 3. The normalized spacial score (nSPS) is 33.4. The Bertz CT molecular complexity index is 364. The molecule has 0 aromatic rings. The molecule has 0 aromatic carbocycles. The Morgan fingerprint density at radius 2 is 2.06 bits per heavy atom. The summed E-state index contributed by atoms with van der Waals surface area (Å²) in [5, 5.41) is 0. The van der Waals surface area contributed by atoms with Gasteiger partial charge in [-0.15, -0.1) is 0 Å². The molecule has 1 aliphatic carbocycles. The van der Waals surface area contributed by atoms with Crippen LogP contribution in [0.15, 0.2) is 12.2 Å². The minimum absolute atomic E-state index is 0.00343. The summed E-state index contributed by atoms with van der Waals surface area (Å²) in [4.78, 5) is 27.3. The lowest BCUT2D eigenvalue weighted by Gasteiger charge is -2.32. The number of imide groups is 1. The van der Waals surface area contributed by atoms with E-state index in [4.69, 9.17) is 0 Å². The highest BCUT2D eigenvalue weighted by Gasteiger charge is 2.39. The van der Waals surface area contributed by atoms with E-state index in [1.54, 1.807) is 11.9 Å². The molecule has 0 unspecified atom stereocenters. The lowest BCUT2D eigenvalue weighted by Crippen LogP contribution is -2.43. The summed E-state index contributed by atoms with van der Waals surface area (Å²) in [5.74, 6) is 0.505. The third-order valence-electron chi connectivity index (χ3n) is 3.89. The smallest absolute Gasteiger partial charge is 0.326 e. The topological polar surface area (TPSA) is 40.6 Å². The van der Waals surface area contributed by atoms with Gasteiger partial charge >= 0.3 is 6.03 Å². The van der Waals surface area contributed by atoms with Crippen LogP contribution in [0.2, 0.25) is 0 Å². The van der Waals surface area contributed by atoms with Crippen molar-refractivity contribution < 1.29 is 9.59 Å². The van der Waals surface area contributed by atoms with E-state index in [2.05, 4.69) is 26.0 Å². The molecule has 0 N–H and O–H groups in total. The predicted octanol–water partition coefficient (Wildman–Crippen LogP) is 1.73. The molecule has 94 valence electrons. The van der Waals surface area contributed by atoms with E-state index in [0.717, 1.165) is 6.42 Å². The number of nitrogens with zero attached hydrogens (tertiary/aromatic N) is 2. The Morgan fingerprint density at radius 3 is 2.59 bits per heavy atom. The van der Waals surface area contributed by atoms with Crippen LogP contribution in [0.3, 0.4) is 0 Å². The Labute approximate surface area is 102 Å². The lowest BCUT2D eigenvalue weighted by atomic mass is 9.77. The van der Waals surface area contributed by atoms with Crippen LogP contribution in [0, 0.1) is 17.8 Å². The molecule has 17 heavy (non-hydrogen) atoms. The van der Waals surface area contributed by atoms with Gasteiger partial charge in [0.1, 0.15) is 0 Å². The van der Waals surface area contributed by atoms with Gasteiger partial charge in [0.2, 0.25) is 5.91 Å². The summed E-state index contributed by atoms with van der Waals surface area (Å²) in [7, 11) is 1.74. The molecular formula is C13H20N2O2. The maximum Gasteiger partial charge on any atom is 0.326 e. The maximum atomic E-state index is 12.4. The molecule has 1 fully saturated rings. The van der Waals surface area contributed by atoms with Gasteiger partial charge < -0.3 is 4.90 Å². The number of urea groups is 1. The van der Waals surface area contributed by atoms with Crippen LogP contribution in [-0.2, 0) is 4.79 Å². The van der Waals surface area contributed by atoms with Gasteiger partial charge in [0.05, 0.1) is 0 Å². The van der Waals surface area contributed by atoms with Gasteiger partial charge in [-0.2, -0.15) is 0 Å². The summed E-state index contributed by atoms with van der Waals surface area (Å²) >= 11 is 0. The molecule has 2 aliphatic rings. The predicted molar refractivity (Wildman–Crippen MR) is 65.3 cm³/mol. The Morgan fingerprint density at radius 1 is 1.35 bits per heavy atom. The van der Waals surface area contributed by atoms with E-state index in [9.17, 15) is 9.59 Å². The molecule has 1 heterocycles. The van der Waals surface area contributed by atoms with Gasteiger partial charge in [0, 0.05) is 26.1 Å². The SMILES string of the molecule is C[C@@H]1CC=C[C@H](C)[C@H]1C(=O)N1CCN(C)C1=O. The third-order valence-corrected chi connectivity index (χ3v) is 3.89. The van der Waals surface area contributed by atoms with Crippen molar-refractivity contribution in [3.05, 3.63) is 12.2 Å². The molecule has 0 bridgehead atoms. The fourth-order valence-electron chi connectivity index (χ4n) is 2.79. The Balaban J connectivity index is 2.14. The number of rotatable bonds is 1. The standard InChI is InChI=1S/C13H20N2O2/c1-9-5-4-6-10(2)11(9)12(16)15-8-7-14(3)13(15)17/h4-5,9-11H,6-8H2,1-3H3/t9-,10+,11+/m0/s1. The molecule has 1 saturated heterocycles. The van der Waals surface area contributed by atoms with Crippen LogP contribution in [0.5, 0.6) is 0 Å². The van der Waals surface area contributed by atoms with Gasteiger partial charge in [-0.1, -0.05) is 26.0 Å². The number of hydrogen-bond donors (Lipinski definition) is 0. The largest absolute Gasteiger partial charge is 0.326 e. The first kappa shape index (κ1) is 12.1. The van der Waals surface area contributed by atoms with Crippen molar-refractivity contribution >= 4 is 11.9 Å². The quantitative estimate of drug-likeness (QED) is 0.650. The number of hydrogen-bond acceptors (Lipinski definition) is 2. The summed E-state index contributed by atoms with van der Waals surface area (Å²) < 4.78 is 0. The zero-order chi connectivity index (χ0) is 12.6. The van der Waals surface area contributed by atoms with Crippen LogP contribution in [-0.4, -0.2) is 41.9 Å². The molecule has 0 spiro atoms. The van der Waals surface area contributed by atoms with E-state index in [0.29, 0.717) is 19.0 Å². The molecular weight excluding hydrogens is 216 g/mol. The van der Waals surface area contributed by atoms with Crippen molar-refractivity contribution in [3.63, 3.8) is 0 Å². The van der Waals surface area contributed by atoms with Crippen molar-refractivity contribution in [2.45, 2.75) is 20.3 Å². The van der Waals surface area contributed by atoms with E-state index < -0.39 is 0 Å². The first-order valence-electron chi connectivity index (χ1n) is 6.25. The van der Waals surface area contributed by atoms with Crippen LogP contribution < -0.4 is 0 Å². The van der Waals surface area contributed by atoms with E-state index in [1.807, 2.05) is 0 Å². The van der Waals surface area contributed by atoms with E-state index in [-0.39, 0.29) is 23.8 Å². The summed E-state index contributed by atoms with van der Waals surface area (Å²) in [5.41, 5.74) is 0. The number of carbonyl (C=O) groups is 2. The van der Waals surface area contributed by atoms with Crippen molar-refractivity contribution in [1.29, 1.82) is 0 Å². The molecule has 4 heteroatoms. The monoisotopic (exact) mass is 236 g/mol. The van der Waals surface area contributed by atoms with Crippen molar-refractivity contribution in [2.75, 3.05) is 20.1 Å². The summed E-state index contributed by atoms with van der Waals surface area (Å²) in [6.45, 7) is 5.33. The van der Waals surface area contributed by atoms with E-state index in [1.165, 1.54) is 4.90 Å². The highest BCUT2D eigenvalue weighted by atomic mass is 16.2. The fraction of sp³-hybridized carbons (Fsp3) is 0.692. The van der Waals surface area contributed by atoms with Crippen molar-refractivity contribution in [2.24, 2.45) is 17.8 Å². The molecule has 0 saturated carbocycles. The maximum absolute atomic E-state index is 12.4. The second-order valence-corrected chi connectivity index (χ2v) is 5.22. The summed E-state index contributed by atoms with van der Waals surface area (Å²) in [6.07, 6.45) is 5.16. The van der Waals surface area contributed by atoms with Crippen LogP contribution in [0.1, 0.15) is 20.3 Å². The molecule has 4 nitrogen and oxygen atoms in total. The van der Waals surface area contributed by atoms with Crippen LogP contribution in [0.25, 0.3) is 0 Å². The highest BCUT2D eigenvalue weighted by Crippen LogP contribution is 2.32. The fourth-order valence-corrected chi connectivity index (χ4v) is 2.79. The molecule has 3 amide bonds. The first-order chi connectivity index (χ1) is 8.02. The molecule has 0 radical (unpaired) electrons. The van der Waals surface area contributed by atoms with Crippen LogP contribution >= 0.6 is 0 Å². The zero-order valence-electron chi connectivity index (χ0n) is 10.7. The van der Waals surface area contributed by atoms with Crippen LogP contribution in [0.4, 0.5) is 4.79 Å². The van der Waals surface area contributed by atoms with E-state index >= 15 is 0 Å². The summed E-state index contributed by atoms with van der Waals surface area (Å²) in [6, 6.07) is -0.149. The zero-order valence-corrected chi connectivity index (χ0v) is 10.7. The van der Waals surface area contributed by atoms with Gasteiger partial charge in [0.25, 0.3) is 0 Å². The second kappa shape index (κ2) is 4.51. The van der Waals surface area contributed by atoms with Crippen molar-refractivity contribution in [3.8, 4) is 0 Å². The molecule has 2 rings (SSSR count). The number of likely N-dealkylation sites (N-methyl/N-ethyl adjacent to an activating group) is 1. The molecule has 1 aliphatic heterocycles. The minimum Gasteiger partial charge on any atom is -0.326 e. The van der Waals surface area contributed by atoms with Crippen molar-refractivity contribution in [1.82, 2.24) is 9.80 Å². The van der Waals surface area contributed by atoms with Gasteiger partial charge in [0.15, 0.2) is 0 Å². The lowest BCUT2D eigenvalue weighted by molar-refractivity contribution is -0.134. The molecule has 3 atom stereocenters. The minimum atomic E-state index is -0.149. The van der Waals surface area contributed by atoms with Gasteiger partial charge in [-0.3, -0.25) is 9.69 Å². The number of carbonyl (C=O) groups excluding carboxylic acids is 2. The first-order valence-corrected chi connectivity index (χ1v) is 6.25. The Kier molecular flexibility index (Phi) is 3.22.